The highest BCUT2D eigenvalue weighted by atomic mass is 35.5. The number of benzene rings is 2. The quantitative estimate of drug-likeness (QED) is 0.495. The highest BCUT2D eigenvalue weighted by molar-refractivity contribution is 6.18. The monoisotopic (exact) mass is 352 g/mol. The predicted octanol–water partition coefficient (Wildman–Crippen LogP) is 5.17. The van der Waals surface area contributed by atoms with Crippen LogP contribution in [0.4, 0.5) is 15.8 Å². The summed E-state index contributed by atoms with van der Waals surface area (Å²) >= 11 is 11.7. The smallest absolute Gasteiger partial charge is 0.123 e. The molecule has 0 N–H and O–H groups in total. The predicted molar refractivity (Wildman–Crippen MR) is 98.5 cm³/mol. The fraction of sp³-hybridized carbons (Fsp3) is 0.278. The molecule has 0 bridgehead atoms. The van der Waals surface area contributed by atoms with Gasteiger partial charge in [0.25, 0.3) is 0 Å². The number of hydrogen-bond donors (Lipinski definition) is 0. The zero-order valence-electron chi connectivity index (χ0n) is 13.0. The first-order valence-electron chi connectivity index (χ1n) is 7.41. The van der Waals surface area contributed by atoms with E-state index in [0.29, 0.717) is 11.8 Å². The molecular formula is C18H19Cl2FN2. The Morgan fingerprint density at radius 3 is 2.26 bits per heavy atom. The van der Waals surface area contributed by atoms with Gasteiger partial charge in [-0.05, 0) is 54.4 Å². The molecule has 2 nitrogen and oxygen atoms in total. The maximum atomic E-state index is 12.9. The van der Waals surface area contributed by atoms with Gasteiger partial charge in [0.2, 0.25) is 0 Å². The van der Waals surface area contributed by atoms with Gasteiger partial charge in [-0.2, -0.15) is 0 Å². The van der Waals surface area contributed by atoms with Crippen LogP contribution >= 0.6 is 23.2 Å². The van der Waals surface area contributed by atoms with Crippen molar-refractivity contribution in [1.29, 1.82) is 0 Å². The van der Waals surface area contributed by atoms with Crippen LogP contribution in [0.15, 0.2) is 47.5 Å². The normalized spacial score (nSPS) is 11.1. The number of nitrogens with zero attached hydrogens (tertiary/aromatic N) is 2. The van der Waals surface area contributed by atoms with E-state index in [9.17, 15) is 4.39 Å². The van der Waals surface area contributed by atoms with E-state index in [-0.39, 0.29) is 5.82 Å². The number of anilines is 1. The number of aryl methyl sites for hydroxylation is 1. The van der Waals surface area contributed by atoms with Gasteiger partial charge in [-0.15, -0.1) is 23.2 Å². The molecule has 0 aliphatic carbocycles. The van der Waals surface area contributed by atoms with Gasteiger partial charge < -0.3 is 4.90 Å². The Hall–Kier alpha value is -1.58. The Kier molecular flexibility index (Phi) is 6.87. The van der Waals surface area contributed by atoms with Crippen LogP contribution in [-0.2, 0) is 0 Å². The minimum absolute atomic E-state index is 0.261. The van der Waals surface area contributed by atoms with E-state index in [2.05, 4.69) is 16.0 Å². The molecule has 0 fully saturated rings. The van der Waals surface area contributed by atoms with Crippen molar-refractivity contribution in [2.75, 3.05) is 29.7 Å². The number of alkyl halides is 2. The van der Waals surface area contributed by atoms with Crippen LogP contribution in [0.5, 0.6) is 0 Å². The van der Waals surface area contributed by atoms with Crippen LogP contribution in [-0.4, -0.2) is 31.1 Å². The van der Waals surface area contributed by atoms with E-state index >= 15 is 0 Å². The molecule has 5 heteroatoms. The molecule has 0 unspecified atom stereocenters. The van der Waals surface area contributed by atoms with Gasteiger partial charge in [0.15, 0.2) is 0 Å². The molecule has 0 atom stereocenters. The molecule has 0 spiro atoms. The van der Waals surface area contributed by atoms with Crippen molar-refractivity contribution in [3.05, 3.63) is 59.4 Å². The van der Waals surface area contributed by atoms with Crippen LogP contribution in [0, 0.1) is 12.7 Å². The van der Waals surface area contributed by atoms with Crippen LogP contribution in [0.2, 0.25) is 0 Å². The summed E-state index contributed by atoms with van der Waals surface area (Å²) in [6, 6.07) is 12.3. The average Bonchev–Trinajstić information content (AvgIpc) is 2.55. The summed E-state index contributed by atoms with van der Waals surface area (Å²) in [6.07, 6.45) is 1.79. The van der Waals surface area contributed by atoms with Gasteiger partial charge in [0.05, 0.1) is 5.69 Å². The fourth-order valence-corrected chi connectivity index (χ4v) is 2.65. The summed E-state index contributed by atoms with van der Waals surface area (Å²) in [5.41, 5.74) is 3.96. The van der Waals surface area contributed by atoms with Crippen LogP contribution in [0.3, 0.4) is 0 Å². The molecule has 0 saturated heterocycles. The third kappa shape index (κ3) is 5.22. The lowest BCUT2D eigenvalue weighted by molar-refractivity contribution is 0.628. The molecule has 2 rings (SSSR count). The van der Waals surface area contributed by atoms with Crippen molar-refractivity contribution in [3.63, 3.8) is 0 Å². The first kappa shape index (κ1) is 17.8. The van der Waals surface area contributed by atoms with Crippen molar-refractivity contribution in [3.8, 4) is 0 Å². The van der Waals surface area contributed by atoms with Crippen molar-refractivity contribution in [2.24, 2.45) is 4.99 Å². The summed E-state index contributed by atoms with van der Waals surface area (Å²) in [6.45, 7) is 3.56. The summed E-state index contributed by atoms with van der Waals surface area (Å²) in [5.74, 6) is 0.858. The second-order valence-corrected chi connectivity index (χ2v) is 5.90. The Labute approximate surface area is 146 Å². The van der Waals surface area contributed by atoms with E-state index in [1.807, 2.05) is 19.1 Å². The molecule has 122 valence electrons. The number of rotatable bonds is 7. The lowest BCUT2D eigenvalue weighted by Gasteiger charge is -2.23. The van der Waals surface area contributed by atoms with Gasteiger partial charge in [-0.3, -0.25) is 4.99 Å². The Bertz CT molecular complexity index is 651. The third-order valence-electron chi connectivity index (χ3n) is 3.51. The topological polar surface area (TPSA) is 15.6 Å². The maximum absolute atomic E-state index is 12.9. The lowest BCUT2D eigenvalue weighted by atomic mass is 10.1. The minimum Gasteiger partial charge on any atom is -0.369 e. The molecule has 0 amide bonds. The fourth-order valence-electron chi connectivity index (χ4n) is 2.25. The van der Waals surface area contributed by atoms with Gasteiger partial charge in [0, 0.05) is 36.8 Å². The summed E-state index contributed by atoms with van der Waals surface area (Å²) in [5, 5.41) is 0. The molecule has 0 radical (unpaired) electrons. The number of aliphatic imine (C=N–C) groups is 1. The molecule has 23 heavy (non-hydrogen) atoms. The van der Waals surface area contributed by atoms with Crippen LogP contribution in [0.1, 0.15) is 11.1 Å². The van der Waals surface area contributed by atoms with Crippen LogP contribution in [0.25, 0.3) is 0 Å². The van der Waals surface area contributed by atoms with E-state index in [4.69, 9.17) is 23.2 Å². The summed E-state index contributed by atoms with van der Waals surface area (Å²) in [4.78, 5) is 6.54. The van der Waals surface area contributed by atoms with Crippen molar-refractivity contribution >= 4 is 40.8 Å². The molecule has 0 aliphatic heterocycles. The van der Waals surface area contributed by atoms with Gasteiger partial charge in [-0.1, -0.05) is 6.07 Å². The Morgan fingerprint density at radius 1 is 1.04 bits per heavy atom. The molecule has 0 saturated carbocycles. The first-order chi connectivity index (χ1) is 11.1. The SMILES string of the molecule is Cc1cc(N(CCCl)CCCl)ccc1C=Nc1ccc(F)cc1. The second kappa shape index (κ2) is 8.90. The molecule has 2 aromatic carbocycles. The van der Waals surface area contributed by atoms with E-state index in [1.54, 1.807) is 18.3 Å². The van der Waals surface area contributed by atoms with Crippen molar-refractivity contribution in [2.45, 2.75) is 6.92 Å². The lowest BCUT2D eigenvalue weighted by Crippen LogP contribution is -2.27. The zero-order valence-corrected chi connectivity index (χ0v) is 14.5. The van der Waals surface area contributed by atoms with Crippen LogP contribution < -0.4 is 4.90 Å². The van der Waals surface area contributed by atoms with Crippen molar-refractivity contribution in [1.82, 2.24) is 0 Å². The summed E-state index contributed by atoms with van der Waals surface area (Å²) in [7, 11) is 0. The molecule has 0 aromatic heterocycles. The highest BCUT2D eigenvalue weighted by Crippen LogP contribution is 2.20. The maximum Gasteiger partial charge on any atom is 0.123 e. The second-order valence-electron chi connectivity index (χ2n) is 5.14. The third-order valence-corrected chi connectivity index (χ3v) is 3.84. The van der Waals surface area contributed by atoms with Gasteiger partial charge >= 0.3 is 0 Å². The Morgan fingerprint density at radius 2 is 1.70 bits per heavy atom. The highest BCUT2D eigenvalue weighted by Gasteiger charge is 2.06. The number of halogens is 3. The standard InChI is InChI=1S/C18H19Cl2FN2/c1-14-12-18(23(10-8-19)11-9-20)7-2-15(14)13-22-17-5-3-16(21)4-6-17/h2-7,12-13H,8-11H2,1H3. The molecule has 0 aliphatic rings. The molecule has 0 heterocycles. The molecular weight excluding hydrogens is 334 g/mol. The summed E-state index contributed by atoms with van der Waals surface area (Å²) < 4.78 is 12.9. The largest absolute Gasteiger partial charge is 0.369 e. The van der Waals surface area contributed by atoms with Gasteiger partial charge in [-0.25, -0.2) is 4.39 Å². The van der Waals surface area contributed by atoms with E-state index < -0.39 is 0 Å². The first-order valence-corrected chi connectivity index (χ1v) is 8.48. The zero-order chi connectivity index (χ0) is 16.7. The van der Waals surface area contributed by atoms with Crippen molar-refractivity contribution < 1.29 is 4.39 Å². The average molecular weight is 353 g/mol. The Balaban J connectivity index is 2.16. The van der Waals surface area contributed by atoms with Gasteiger partial charge in [0.1, 0.15) is 5.82 Å². The number of hydrogen-bond acceptors (Lipinski definition) is 2. The van der Waals surface area contributed by atoms with E-state index in [0.717, 1.165) is 35.6 Å². The molecule has 2 aromatic rings. The van der Waals surface area contributed by atoms with E-state index in [1.165, 1.54) is 12.1 Å². The minimum atomic E-state index is -0.261.